The van der Waals surface area contributed by atoms with E-state index in [2.05, 4.69) is 11.7 Å². The van der Waals surface area contributed by atoms with Crippen molar-refractivity contribution in [1.82, 2.24) is 0 Å². The Morgan fingerprint density at radius 1 is 1.83 bits per heavy atom. The molecule has 0 aromatic rings. The zero-order valence-electron chi connectivity index (χ0n) is 4.36. The first-order chi connectivity index (χ1) is 2.77. The van der Waals surface area contributed by atoms with Crippen LogP contribution in [0.3, 0.4) is 0 Å². The van der Waals surface area contributed by atoms with E-state index in [0.717, 1.165) is 0 Å². The Kier molecular flexibility index (Phi) is 4.74. The third-order valence-corrected chi connectivity index (χ3v) is 0.451. The van der Waals surface area contributed by atoms with Gasteiger partial charge in [-0.15, -0.1) is 0 Å². The predicted molar refractivity (Wildman–Crippen MR) is 28.4 cm³/mol. The summed E-state index contributed by atoms with van der Waals surface area (Å²) in [6.45, 7) is 3.71. The van der Waals surface area contributed by atoms with Crippen molar-refractivity contribution in [3.05, 3.63) is 17.7 Å². The molecule has 0 spiro atoms. The molecule has 0 N–H and O–H groups in total. The van der Waals surface area contributed by atoms with Crippen LogP contribution in [0.15, 0.2) is 6.08 Å². The molecule has 1 atom stereocenters. The van der Waals surface area contributed by atoms with Gasteiger partial charge in [-0.3, -0.25) is 0 Å². The van der Waals surface area contributed by atoms with E-state index in [1.54, 1.807) is 0 Å². The van der Waals surface area contributed by atoms with Gasteiger partial charge in [0, 0.05) is 0 Å². The molecule has 0 fully saturated rings. The average Bonchev–Trinajstić information content (AvgIpc) is 1.35. The topological polar surface area (TPSA) is 0 Å². The Balaban J connectivity index is 3.03. The van der Waals surface area contributed by atoms with Gasteiger partial charge in [-0.05, 0) is 0 Å². The van der Waals surface area contributed by atoms with Gasteiger partial charge in [0.25, 0.3) is 0 Å². The summed E-state index contributed by atoms with van der Waals surface area (Å²) >= 11 is 3.90. The summed E-state index contributed by atoms with van der Waals surface area (Å²) in [6.07, 6.45) is 1.93. The van der Waals surface area contributed by atoms with E-state index in [-0.39, 0.29) is 0 Å². The van der Waals surface area contributed by atoms with Crippen LogP contribution < -0.4 is 0 Å². The Morgan fingerprint density at radius 2 is 2.33 bits per heavy atom. The summed E-state index contributed by atoms with van der Waals surface area (Å²) in [5, 5.41) is 0. The van der Waals surface area contributed by atoms with Gasteiger partial charge >= 0.3 is 57.8 Å². The normalized spacial score (nSPS) is 16.2. The van der Waals surface area contributed by atoms with Gasteiger partial charge in [-0.2, -0.15) is 0 Å². The van der Waals surface area contributed by atoms with E-state index in [0.29, 0.717) is 4.59 Å². The Bertz CT molecular complexity index is 47.5. The SMILES string of the molecule is [Li]/[C]=C/[CH]([Li])[CH2]. The molecule has 22 valence electrons. The number of allylic oxidation sites excluding steroid dienone is 1. The minimum atomic E-state index is 0.412. The van der Waals surface area contributed by atoms with Crippen LogP contribution in [0.4, 0.5) is 0 Å². The van der Waals surface area contributed by atoms with Crippen LogP contribution in [0.2, 0.25) is 4.59 Å². The summed E-state index contributed by atoms with van der Waals surface area (Å²) in [7, 11) is 0. The van der Waals surface area contributed by atoms with Crippen molar-refractivity contribution >= 4 is 35.4 Å². The monoisotopic (exact) mass is 66.1 g/mol. The fourth-order valence-corrected chi connectivity index (χ4v) is 0.285. The van der Waals surface area contributed by atoms with Gasteiger partial charge < -0.3 is 0 Å². The average molecular weight is 66.0 g/mol. The van der Waals surface area contributed by atoms with Crippen molar-refractivity contribution in [2.45, 2.75) is 4.59 Å². The van der Waals surface area contributed by atoms with E-state index in [1.807, 2.05) is 41.5 Å². The fourth-order valence-electron chi connectivity index (χ4n) is 0.285. The molecule has 0 rings (SSSR count). The number of hydrogen-bond donors (Lipinski definition) is 0. The van der Waals surface area contributed by atoms with Crippen molar-refractivity contribution in [2.75, 3.05) is 0 Å². The second kappa shape index (κ2) is 4.10. The fraction of sp³-hybridized carbons (Fsp3) is 0.250. The van der Waals surface area contributed by atoms with Gasteiger partial charge in [0.05, 0.1) is 0 Å². The van der Waals surface area contributed by atoms with Crippen LogP contribution in [0.5, 0.6) is 0 Å². The molecule has 0 aromatic carbocycles. The first-order valence-electron chi connectivity index (χ1n) is 2.11. The zero-order chi connectivity index (χ0) is 4.99. The molecule has 0 nitrogen and oxygen atoms in total. The van der Waals surface area contributed by atoms with E-state index < -0.39 is 0 Å². The number of rotatable bonds is 1. The molecule has 0 bridgehead atoms. The first-order valence-corrected chi connectivity index (χ1v) is 2.11. The van der Waals surface area contributed by atoms with Gasteiger partial charge in [0.15, 0.2) is 0 Å². The van der Waals surface area contributed by atoms with Crippen molar-refractivity contribution in [1.29, 1.82) is 0 Å². The van der Waals surface area contributed by atoms with Gasteiger partial charge in [0.2, 0.25) is 0 Å². The second-order valence-corrected chi connectivity index (χ2v) is 1.43. The first kappa shape index (κ1) is 6.93. The van der Waals surface area contributed by atoms with Gasteiger partial charge in [0.1, 0.15) is 0 Å². The molecule has 0 amide bonds. The summed E-state index contributed by atoms with van der Waals surface area (Å²) in [5.74, 6) is 0. The van der Waals surface area contributed by atoms with E-state index in [4.69, 9.17) is 0 Å². The molecule has 2 radical (unpaired) electrons. The predicted octanol–water partition coefficient (Wildman–Crippen LogP) is 0.263. The molecule has 0 heterocycles. The van der Waals surface area contributed by atoms with Crippen LogP contribution in [-0.4, -0.2) is 35.4 Å². The molecule has 0 aliphatic heterocycles. The summed E-state index contributed by atoms with van der Waals surface area (Å²) in [5.41, 5.74) is 0. The third kappa shape index (κ3) is 4.93. The molecule has 0 saturated carbocycles. The van der Waals surface area contributed by atoms with Crippen LogP contribution >= 0.6 is 0 Å². The maximum absolute atomic E-state index is 3.71. The Hall–Kier alpha value is 0.935. The standard InChI is InChI=1S/C4H4.2Li/c1-3-4-2;;/h3-4H,1H2;;. The van der Waals surface area contributed by atoms with Gasteiger partial charge in [-0.25, -0.2) is 0 Å². The van der Waals surface area contributed by atoms with Crippen molar-refractivity contribution in [3.63, 3.8) is 0 Å². The molecule has 0 saturated heterocycles. The Labute approximate surface area is 57.8 Å². The van der Waals surface area contributed by atoms with Crippen LogP contribution in [0.25, 0.3) is 0 Å². The minimum absolute atomic E-state index is 0.412. The molecule has 0 aromatic heterocycles. The molecular formula is C4H4Li2. The molecular weight excluding hydrogens is 61.9 g/mol. The van der Waals surface area contributed by atoms with Crippen LogP contribution in [0.1, 0.15) is 0 Å². The van der Waals surface area contributed by atoms with Crippen LogP contribution in [0, 0.1) is 11.7 Å². The van der Waals surface area contributed by atoms with E-state index in [9.17, 15) is 0 Å². The van der Waals surface area contributed by atoms with E-state index in [1.165, 1.54) is 0 Å². The zero-order valence-corrected chi connectivity index (χ0v) is 4.36. The van der Waals surface area contributed by atoms with Crippen LogP contribution in [-0.2, 0) is 0 Å². The summed E-state index contributed by atoms with van der Waals surface area (Å²) in [4.78, 5) is 0. The maximum atomic E-state index is 3.71. The van der Waals surface area contributed by atoms with E-state index >= 15 is 0 Å². The molecule has 1 unspecified atom stereocenters. The molecule has 0 aliphatic carbocycles. The Morgan fingerprint density at radius 3 is 2.33 bits per heavy atom. The molecule has 2 heteroatoms. The quantitative estimate of drug-likeness (QED) is 0.385. The summed E-state index contributed by atoms with van der Waals surface area (Å²) < 4.78 is 3.29. The number of hydrogen-bond acceptors (Lipinski definition) is 0. The van der Waals surface area contributed by atoms with Crippen molar-refractivity contribution in [3.8, 4) is 0 Å². The summed E-state index contributed by atoms with van der Waals surface area (Å²) in [6, 6.07) is 0. The van der Waals surface area contributed by atoms with Crippen molar-refractivity contribution < 1.29 is 0 Å². The second-order valence-electron chi connectivity index (χ2n) is 1.43. The van der Waals surface area contributed by atoms with Crippen molar-refractivity contribution in [2.24, 2.45) is 0 Å². The van der Waals surface area contributed by atoms with Gasteiger partial charge in [-0.1, -0.05) is 0 Å². The molecule has 6 heavy (non-hydrogen) atoms. The third-order valence-electron chi connectivity index (χ3n) is 0.451. The molecule has 0 aliphatic rings.